The lowest BCUT2D eigenvalue weighted by Crippen LogP contribution is -2.31. The minimum Gasteiger partial charge on any atom is -0.496 e. The number of rotatable bonds is 1. The summed E-state index contributed by atoms with van der Waals surface area (Å²) in [7, 11) is 0. The highest BCUT2D eigenvalue weighted by Gasteiger charge is 2.34. The van der Waals surface area contributed by atoms with Crippen LogP contribution >= 0.6 is 15.9 Å². The molecular weight excluding hydrogens is 374 g/mol. The minimum atomic E-state index is -0.448. The number of fused-ring (bicyclic) bond motifs is 1. The molecule has 0 fully saturated rings. The smallest absolute Gasteiger partial charge is 0.417 e. The number of nitrogens with one attached hydrogen (secondary N) is 1. The molecule has 0 bridgehead atoms. The van der Waals surface area contributed by atoms with E-state index in [4.69, 9.17) is 9.15 Å². The van der Waals surface area contributed by atoms with Crippen LogP contribution in [0.5, 0.6) is 0 Å². The summed E-state index contributed by atoms with van der Waals surface area (Å²) in [4.78, 5) is 20.9. The van der Waals surface area contributed by atoms with Crippen LogP contribution in [0, 0.1) is 0 Å². The molecule has 0 radical (unpaired) electrons. The molecule has 3 aliphatic rings. The molecule has 5 rings (SSSR count). The third-order valence-corrected chi connectivity index (χ3v) is 5.06. The van der Waals surface area contributed by atoms with Crippen molar-refractivity contribution < 1.29 is 9.15 Å². The first-order chi connectivity index (χ1) is 11.7. The molecule has 1 aromatic heterocycles. The van der Waals surface area contributed by atoms with Gasteiger partial charge in [0.05, 0.1) is 22.0 Å². The molecule has 1 aromatic carbocycles. The van der Waals surface area contributed by atoms with Crippen molar-refractivity contribution in [1.29, 1.82) is 0 Å². The van der Waals surface area contributed by atoms with E-state index in [0.717, 1.165) is 34.4 Å². The highest BCUT2D eigenvalue weighted by atomic mass is 79.9. The van der Waals surface area contributed by atoms with E-state index in [1.165, 1.54) is 11.3 Å². The first-order valence-corrected chi connectivity index (χ1v) is 8.39. The number of aliphatic imine (C=N–C) groups is 1. The third kappa shape index (κ3) is 1.94. The summed E-state index contributed by atoms with van der Waals surface area (Å²) >= 11 is 3.56. The molecule has 3 aliphatic heterocycles. The van der Waals surface area contributed by atoms with Gasteiger partial charge in [-0.1, -0.05) is 0 Å². The molecule has 0 spiro atoms. The molecule has 0 saturated carbocycles. The second kappa shape index (κ2) is 4.98. The molecule has 0 atom stereocenters. The van der Waals surface area contributed by atoms with Crippen LogP contribution in [0.1, 0.15) is 12.0 Å². The number of ether oxygens (including phenoxy) is 1. The van der Waals surface area contributed by atoms with Crippen LogP contribution in [0.15, 0.2) is 66.2 Å². The van der Waals surface area contributed by atoms with Gasteiger partial charge in [0, 0.05) is 23.9 Å². The van der Waals surface area contributed by atoms with E-state index in [1.807, 2.05) is 18.3 Å². The lowest BCUT2D eigenvalue weighted by atomic mass is 10.1. The van der Waals surface area contributed by atoms with Crippen molar-refractivity contribution in [3.63, 3.8) is 0 Å². The van der Waals surface area contributed by atoms with E-state index in [1.54, 1.807) is 12.3 Å². The van der Waals surface area contributed by atoms with Crippen LogP contribution in [-0.2, 0) is 4.74 Å². The zero-order chi connectivity index (χ0) is 16.3. The SMILES string of the molecule is O=c1[nH]c2cc(C3=NC=C4C(Br)=COCC5=C4N3CC5)ccc2o1. The van der Waals surface area contributed by atoms with Crippen LogP contribution in [0.2, 0.25) is 0 Å². The van der Waals surface area contributed by atoms with Crippen molar-refractivity contribution in [3.8, 4) is 0 Å². The first-order valence-electron chi connectivity index (χ1n) is 7.59. The van der Waals surface area contributed by atoms with Gasteiger partial charge in [0.1, 0.15) is 12.4 Å². The molecule has 1 N–H and O–H groups in total. The first kappa shape index (κ1) is 13.9. The van der Waals surface area contributed by atoms with Crippen LogP contribution in [-0.4, -0.2) is 28.9 Å². The fourth-order valence-corrected chi connectivity index (χ4v) is 3.81. The largest absolute Gasteiger partial charge is 0.496 e. The zero-order valence-corrected chi connectivity index (χ0v) is 14.1. The maximum absolute atomic E-state index is 11.4. The predicted molar refractivity (Wildman–Crippen MR) is 92.8 cm³/mol. The molecule has 120 valence electrons. The lowest BCUT2D eigenvalue weighted by Gasteiger charge is -2.28. The average molecular weight is 386 g/mol. The Labute approximate surface area is 144 Å². The number of H-pyrrole nitrogens is 1. The average Bonchev–Trinajstić information content (AvgIpc) is 3.11. The number of amidine groups is 1. The van der Waals surface area contributed by atoms with Gasteiger partial charge in [-0.3, -0.25) is 4.98 Å². The monoisotopic (exact) mass is 385 g/mol. The molecular formula is C17H12BrN3O3. The minimum absolute atomic E-state index is 0.448. The second-order valence-electron chi connectivity index (χ2n) is 5.85. The Balaban J connectivity index is 1.67. The van der Waals surface area contributed by atoms with E-state index in [-0.39, 0.29) is 0 Å². The normalized spacial score (nSPS) is 19.5. The standard InChI is InChI=1S/C17H12BrN3O3/c18-12-8-23-7-10-3-4-21-15(10)11(12)6-19-16(21)9-1-2-14-13(5-9)20-17(22)24-14/h1-2,5-6,8H,3-4,7H2,(H,20,22). The van der Waals surface area contributed by atoms with Gasteiger partial charge in [0.2, 0.25) is 0 Å². The van der Waals surface area contributed by atoms with Gasteiger partial charge in [-0.15, -0.1) is 0 Å². The van der Waals surface area contributed by atoms with Gasteiger partial charge in [-0.05, 0) is 46.1 Å². The van der Waals surface area contributed by atoms with Crippen molar-refractivity contribution in [2.75, 3.05) is 13.2 Å². The Morgan fingerprint density at radius 2 is 2.25 bits per heavy atom. The highest BCUT2D eigenvalue weighted by Crippen LogP contribution is 2.40. The van der Waals surface area contributed by atoms with Gasteiger partial charge in [0.15, 0.2) is 5.58 Å². The fourth-order valence-electron chi connectivity index (χ4n) is 3.39. The lowest BCUT2D eigenvalue weighted by molar-refractivity contribution is 0.279. The van der Waals surface area contributed by atoms with Gasteiger partial charge >= 0.3 is 5.76 Å². The van der Waals surface area contributed by atoms with Crippen LogP contribution in [0.4, 0.5) is 0 Å². The summed E-state index contributed by atoms with van der Waals surface area (Å²) < 4.78 is 11.6. The number of halogens is 1. The third-order valence-electron chi connectivity index (χ3n) is 4.45. The van der Waals surface area contributed by atoms with Gasteiger partial charge < -0.3 is 14.1 Å². The number of hydrogen-bond acceptors (Lipinski definition) is 5. The molecule has 7 heteroatoms. The summed E-state index contributed by atoms with van der Waals surface area (Å²) in [6, 6.07) is 5.61. The summed E-state index contributed by atoms with van der Waals surface area (Å²) in [6.07, 6.45) is 4.54. The van der Waals surface area contributed by atoms with E-state index in [2.05, 4.69) is 30.8 Å². The number of nitrogens with zero attached hydrogens (tertiary/aromatic N) is 2. The Morgan fingerprint density at radius 1 is 1.33 bits per heavy atom. The Bertz CT molecular complexity index is 1050. The zero-order valence-electron chi connectivity index (χ0n) is 12.5. The number of oxazole rings is 1. The topological polar surface area (TPSA) is 70.8 Å². The maximum Gasteiger partial charge on any atom is 0.417 e. The molecule has 0 saturated heterocycles. The van der Waals surface area contributed by atoms with E-state index < -0.39 is 5.76 Å². The van der Waals surface area contributed by atoms with E-state index in [0.29, 0.717) is 17.7 Å². The molecule has 2 aromatic rings. The molecule has 0 aliphatic carbocycles. The molecule has 0 amide bonds. The molecule has 0 unspecified atom stereocenters. The number of benzene rings is 1. The van der Waals surface area contributed by atoms with Gasteiger partial charge in [-0.2, -0.15) is 0 Å². The Kier molecular flexibility index (Phi) is 2.87. The summed E-state index contributed by atoms with van der Waals surface area (Å²) in [5.74, 6) is 0.422. The van der Waals surface area contributed by atoms with Crippen LogP contribution in [0.3, 0.4) is 0 Å². The van der Waals surface area contributed by atoms with Crippen molar-refractivity contribution in [2.24, 2.45) is 4.99 Å². The molecule has 24 heavy (non-hydrogen) atoms. The fraction of sp³-hybridized carbons (Fsp3) is 0.176. The van der Waals surface area contributed by atoms with E-state index in [9.17, 15) is 4.79 Å². The van der Waals surface area contributed by atoms with Crippen LogP contribution in [0.25, 0.3) is 11.1 Å². The Morgan fingerprint density at radius 3 is 3.17 bits per heavy atom. The number of aromatic nitrogens is 1. The molecule has 6 nitrogen and oxygen atoms in total. The van der Waals surface area contributed by atoms with E-state index >= 15 is 0 Å². The highest BCUT2D eigenvalue weighted by molar-refractivity contribution is 9.12. The van der Waals surface area contributed by atoms with Crippen molar-refractivity contribution in [1.82, 2.24) is 9.88 Å². The van der Waals surface area contributed by atoms with Gasteiger partial charge in [0.25, 0.3) is 0 Å². The second-order valence-corrected chi connectivity index (χ2v) is 6.71. The van der Waals surface area contributed by atoms with Crippen molar-refractivity contribution >= 4 is 32.9 Å². The van der Waals surface area contributed by atoms with Crippen molar-refractivity contribution in [2.45, 2.75) is 6.42 Å². The Hall–Kier alpha value is -2.54. The number of aromatic amines is 1. The maximum atomic E-state index is 11.4. The van der Waals surface area contributed by atoms with Gasteiger partial charge in [-0.25, -0.2) is 9.79 Å². The summed E-state index contributed by atoms with van der Waals surface area (Å²) in [6.45, 7) is 1.46. The number of hydrogen-bond donors (Lipinski definition) is 1. The summed E-state index contributed by atoms with van der Waals surface area (Å²) in [5, 5.41) is 0. The van der Waals surface area contributed by atoms with Crippen LogP contribution < -0.4 is 5.76 Å². The molecule has 4 heterocycles. The number of allylic oxidation sites excluding steroid dienone is 1. The van der Waals surface area contributed by atoms with Crippen molar-refractivity contribution in [3.05, 3.63) is 68.1 Å². The summed E-state index contributed by atoms with van der Waals surface area (Å²) in [5.41, 5.74) is 5.65. The quantitative estimate of drug-likeness (QED) is 0.818. The predicted octanol–water partition coefficient (Wildman–Crippen LogP) is 2.99.